The first-order chi connectivity index (χ1) is 13.5. The maximum atomic E-state index is 13.4. The van der Waals surface area contributed by atoms with Gasteiger partial charge in [0.05, 0.1) is 5.02 Å². The van der Waals surface area contributed by atoms with Crippen molar-refractivity contribution in [3.8, 4) is 16.9 Å². The van der Waals surface area contributed by atoms with E-state index < -0.39 is 11.6 Å². The van der Waals surface area contributed by atoms with Gasteiger partial charge >= 0.3 is 0 Å². The highest BCUT2D eigenvalue weighted by Crippen LogP contribution is 2.49. The molecule has 1 fully saturated rings. The lowest BCUT2D eigenvalue weighted by Gasteiger charge is -2.45. The fourth-order valence-corrected chi connectivity index (χ4v) is 4.46. The van der Waals surface area contributed by atoms with Crippen molar-refractivity contribution in [2.45, 2.75) is 30.6 Å². The van der Waals surface area contributed by atoms with Gasteiger partial charge in [0.25, 0.3) is 5.91 Å². The molecule has 0 radical (unpaired) electrons. The summed E-state index contributed by atoms with van der Waals surface area (Å²) in [5, 5.41) is 0.538. The second kappa shape index (κ2) is 6.18. The number of aromatic nitrogens is 1. The summed E-state index contributed by atoms with van der Waals surface area (Å²) in [4.78, 5) is 23.6. The van der Waals surface area contributed by atoms with Crippen LogP contribution in [0.1, 0.15) is 18.4 Å². The highest BCUT2D eigenvalue weighted by molar-refractivity contribution is 6.30. The molecule has 2 aromatic rings. The molecule has 3 atom stereocenters. The monoisotopic (exact) mass is 398 g/mol. The van der Waals surface area contributed by atoms with Gasteiger partial charge in [-0.2, -0.15) is 0 Å². The number of nitrogens with zero attached hydrogens (tertiary/aromatic N) is 3. The summed E-state index contributed by atoms with van der Waals surface area (Å²) in [6.45, 7) is 0.561. The highest BCUT2D eigenvalue weighted by atomic mass is 35.5. The molecule has 8 heteroatoms. The minimum atomic E-state index is -1.24. The summed E-state index contributed by atoms with van der Waals surface area (Å²) in [5.41, 5.74) is 7.18. The molecule has 0 aliphatic carbocycles. The van der Waals surface area contributed by atoms with Crippen LogP contribution >= 0.6 is 11.6 Å². The third kappa shape index (κ3) is 2.36. The number of rotatable bonds is 1. The highest BCUT2D eigenvalue weighted by Gasteiger charge is 2.61. The number of halogens is 1. The Kier molecular flexibility index (Phi) is 3.86. The Morgan fingerprint density at radius 3 is 2.89 bits per heavy atom. The van der Waals surface area contributed by atoms with E-state index >= 15 is 0 Å². The van der Waals surface area contributed by atoms with Crippen LogP contribution in [0.4, 0.5) is 0 Å². The predicted molar refractivity (Wildman–Crippen MR) is 104 cm³/mol. The van der Waals surface area contributed by atoms with Crippen LogP contribution in [0.5, 0.6) is 5.75 Å². The topological polar surface area (TPSA) is 90.0 Å². The van der Waals surface area contributed by atoms with Gasteiger partial charge < -0.3 is 15.2 Å². The number of aliphatic imine (C=N–C) groups is 1. The molecule has 28 heavy (non-hydrogen) atoms. The molecule has 4 heterocycles. The van der Waals surface area contributed by atoms with Gasteiger partial charge in [-0.05, 0) is 36.6 Å². The van der Waals surface area contributed by atoms with E-state index in [4.69, 9.17) is 26.8 Å². The fraction of sp³-hybridized carbons (Fsp3) is 0.350. The first-order valence-electron chi connectivity index (χ1n) is 9.18. The zero-order chi connectivity index (χ0) is 19.5. The average molecular weight is 399 g/mol. The Hall–Kier alpha value is -2.64. The normalized spacial score (nSPS) is 28.6. The van der Waals surface area contributed by atoms with E-state index in [2.05, 4.69) is 9.98 Å². The lowest BCUT2D eigenvalue weighted by Crippen LogP contribution is -2.58. The molecule has 3 aliphatic rings. The molecule has 144 valence electrons. The zero-order valence-corrected chi connectivity index (χ0v) is 16.0. The number of nitrogens with two attached hydrogens (primary N) is 1. The van der Waals surface area contributed by atoms with E-state index in [1.807, 2.05) is 24.3 Å². The number of benzene rings is 1. The van der Waals surface area contributed by atoms with Crippen LogP contribution < -0.4 is 10.5 Å². The van der Waals surface area contributed by atoms with Crippen LogP contribution in [0.2, 0.25) is 5.02 Å². The van der Waals surface area contributed by atoms with E-state index in [1.54, 1.807) is 19.4 Å². The smallest absolute Gasteiger partial charge is 0.264 e. The third-order valence-electron chi connectivity index (χ3n) is 5.65. The summed E-state index contributed by atoms with van der Waals surface area (Å²) in [5.74, 6) is 0.610. The van der Waals surface area contributed by atoms with Crippen LogP contribution in [0.15, 0.2) is 41.7 Å². The van der Waals surface area contributed by atoms with E-state index in [0.29, 0.717) is 22.9 Å². The summed E-state index contributed by atoms with van der Waals surface area (Å²) in [7, 11) is 1.63. The number of likely N-dealkylation sites (N-methyl/N-ethyl adjacent to an activating group) is 1. The Bertz CT molecular complexity index is 1010. The molecule has 0 saturated carbocycles. The minimum absolute atomic E-state index is 0.181. The van der Waals surface area contributed by atoms with Crippen molar-refractivity contribution in [2.24, 2.45) is 10.7 Å². The number of guanidine groups is 1. The Labute approximate surface area is 167 Å². The van der Waals surface area contributed by atoms with Crippen molar-refractivity contribution in [1.29, 1.82) is 0 Å². The van der Waals surface area contributed by atoms with E-state index in [1.165, 1.54) is 4.90 Å². The predicted octanol–water partition coefficient (Wildman–Crippen LogP) is 2.32. The van der Waals surface area contributed by atoms with Gasteiger partial charge in [0, 0.05) is 37.2 Å². The fourth-order valence-electron chi connectivity index (χ4n) is 4.28. The van der Waals surface area contributed by atoms with E-state index in [0.717, 1.165) is 24.0 Å². The van der Waals surface area contributed by atoms with Crippen molar-refractivity contribution >= 4 is 23.5 Å². The van der Waals surface area contributed by atoms with Crippen LogP contribution in [-0.2, 0) is 15.1 Å². The van der Waals surface area contributed by atoms with Gasteiger partial charge in [0.2, 0.25) is 5.54 Å². The van der Waals surface area contributed by atoms with Gasteiger partial charge in [-0.3, -0.25) is 14.7 Å². The number of amides is 1. The second-order valence-corrected chi connectivity index (χ2v) is 7.73. The Morgan fingerprint density at radius 2 is 2.14 bits per heavy atom. The number of ether oxygens (including phenoxy) is 2. The lowest BCUT2D eigenvalue weighted by molar-refractivity contribution is -0.151. The molecule has 0 unspecified atom stereocenters. The molecule has 7 nitrogen and oxygen atoms in total. The Balaban J connectivity index is 1.73. The summed E-state index contributed by atoms with van der Waals surface area (Å²) >= 11 is 6.10. The largest absolute Gasteiger partial charge is 0.487 e. The molecule has 2 N–H and O–H groups in total. The SMILES string of the molecule is CN1C(=O)[C@@]2(N=C1N)c1cc(-c3cncc(Cl)c3)ccc1O[C@H]1CCCO[C@@H]12. The zero-order valence-electron chi connectivity index (χ0n) is 15.3. The average Bonchev–Trinajstić information content (AvgIpc) is 2.93. The quantitative estimate of drug-likeness (QED) is 0.796. The molecular weight excluding hydrogens is 380 g/mol. The van der Waals surface area contributed by atoms with Gasteiger partial charge in [-0.25, -0.2) is 4.99 Å². The summed E-state index contributed by atoms with van der Waals surface area (Å²) in [6, 6.07) is 7.53. The van der Waals surface area contributed by atoms with Crippen LogP contribution in [-0.4, -0.2) is 47.6 Å². The van der Waals surface area contributed by atoms with Gasteiger partial charge in [-0.1, -0.05) is 17.7 Å². The molecule has 1 amide bonds. The molecule has 3 aliphatic heterocycles. The van der Waals surface area contributed by atoms with Crippen molar-refractivity contribution in [2.75, 3.05) is 13.7 Å². The molecular formula is C20H19ClN4O3. The number of fused-ring (bicyclic) bond motifs is 4. The Morgan fingerprint density at radius 1 is 1.29 bits per heavy atom. The molecule has 1 spiro atoms. The third-order valence-corrected chi connectivity index (χ3v) is 5.86. The number of carbonyl (C=O) groups is 1. The first-order valence-corrected chi connectivity index (χ1v) is 9.55. The lowest BCUT2D eigenvalue weighted by atomic mass is 9.76. The summed E-state index contributed by atoms with van der Waals surface area (Å²) in [6.07, 6.45) is 4.23. The molecule has 1 aromatic heterocycles. The van der Waals surface area contributed by atoms with Crippen molar-refractivity contribution < 1.29 is 14.3 Å². The van der Waals surface area contributed by atoms with Crippen molar-refractivity contribution in [3.05, 3.63) is 47.2 Å². The maximum absolute atomic E-state index is 13.4. The molecule has 1 aromatic carbocycles. The second-order valence-electron chi connectivity index (χ2n) is 7.29. The minimum Gasteiger partial charge on any atom is -0.487 e. The van der Waals surface area contributed by atoms with Crippen molar-refractivity contribution in [3.63, 3.8) is 0 Å². The molecule has 5 rings (SSSR count). The van der Waals surface area contributed by atoms with Crippen LogP contribution in [0, 0.1) is 0 Å². The number of hydrogen-bond acceptors (Lipinski definition) is 6. The van der Waals surface area contributed by atoms with E-state index in [9.17, 15) is 4.79 Å². The van der Waals surface area contributed by atoms with E-state index in [-0.39, 0.29) is 18.0 Å². The van der Waals surface area contributed by atoms with Gasteiger partial charge in [-0.15, -0.1) is 0 Å². The standard InChI is InChI=1S/C20H19ClN4O3/c1-25-18(26)20(24-19(25)22)14-8-11(12-7-13(21)10-23-9-12)4-5-15(14)28-16-3-2-6-27-17(16)20/h4-5,7-10,16-17H,2-3,6H2,1H3,(H2,22,24)/t16-,17-,20+/m0/s1. The first kappa shape index (κ1) is 17.5. The number of pyridine rings is 1. The summed E-state index contributed by atoms with van der Waals surface area (Å²) < 4.78 is 12.2. The number of hydrogen-bond donors (Lipinski definition) is 1. The molecule has 0 bridgehead atoms. The number of carbonyl (C=O) groups excluding carboxylic acids is 1. The van der Waals surface area contributed by atoms with Crippen LogP contribution in [0.3, 0.4) is 0 Å². The van der Waals surface area contributed by atoms with Crippen molar-refractivity contribution in [1.82, 2.24) is 9.88 Å². The van der Waals surface area contributed by atoms with Gasteiger partial charge in [0.1, 0.15) is 18.0 Å². The molecule has 1 saturated heterocycles. The maximum Gasteiger partial charge on any atom is 0.264 e. The van der Waals surface area contributed by atoms with Gasteiger partial charge in [0.15, 0.2) is 5.96 Å². The van der Waals surface area contributed by atoms with Crippen LogP contribution in [0.25, 0.3) is 11.1 Å².